The average molecular weight is 851 g/mol. The third-order valence-electron chi connectivity index (χ3n) is 14.6. The minimum Gasteiger partial charge on any atom is -0.309 e. The number of fused-ring (bicyclic) bond motifs is 13. The summed E-state index contributed by atoms with van der Waals surface area (Å²) in [6, 6.07) is 94.4. The fraction of sp³-hybridized carbons (Fsp3) is 0.0154. The van der Waals surface area contributed by atoms with E-state index in [1.807, 2.05) is 0 Å². The molecule has 0 saturated heterocycles. The Morgan fingerprint density at radius 1 is 0.313 bits per heavy atom. The Kier molecular flexibility index (Phi) is 8.23. The van der Waals surface area contributed by atoms with Gasteiger partial charge in [0.15, 0.2) is 0 Å². The fourth-order valence-electron chi connectivity index (χ4n) is 11.8. The number of aromatic nitrogens is 1. The van der Waals surface area contributed by atoms with Gasteiger partial charge in [0.25, 0.3) is 0 Å². The molecule has 2 aliphatic rings. The fourth-order valence-corrected chi connectivity index (χ4v) is 11.8. The summed E-state index contributed by atoms with van der Waals surface area (Å²) in [5, 5.41) is 4.97. The second kappa shape index (κ2) is 14.7. The minimum absolute atomic E-state index is 0.526. The quantitative estimate of drug-likeness (QED) is 0.162. The predicted molar refractivity (Wildman–Crippen MR) is 280 cm³/mol. The van der Waals surface area contributed by atoms with Gasteiger partial charge in [-0.25, -0.2) is 0 Å². The van der Waals surface area contributed by atoms with Crippen molar-refractivity contribution in [3.05, 3.63) is 277 Å². The van der Waals surface area contributed by atoms with Crippen LogP contribution in [0.25, 0.3) is 82.8 Å². The van der Waals surface area contributed by atoms with Gasteiger partial charge in [-0.05, 0) is 115 Å². The van der Waals surface area contributed by atoms with E-state index < -0.39 is 5.41 Å². The zero-order valence-corrected chi connectivity index (χ0v) is 36.6. The Bertz CT molecular complexity index is 3950. The molecule has 0 N–H and O–H groups in total. The van der Waals surface area contributed by atoms with Crippen LogP contribution in [-0.2, 0) is 5.41 Å². The lowest BCUT2D eigenvalue weighted by Gasteiger charge is -2.39. The zero-order chi connectivity index (χ0) is 44.1. The Morgan fingerprint density at radius 3 is 1.81 bits per heavy atom. The first-order valence-corrected chi connectivity index (χ1v) is 23.3. The first-order chi connectivity index (χ1) is 33.3. The molecule has 0 bridgehead atoms. The van der Waals surface area contributed by atoms with Gasteiger partial charge in [-0.1, -0.05) is 206 Å². The molecule has 11 aromatic carbocycles. The van der Waals surface area contributed by atoms with Crippen LogP contribution in [0.1, 0.15) is 22.3 Å². The van der Waals surface area contributed by atoms with Crippen molar-refractivity contribution in [3.8, 4) is 50.2 Å². The van der Waals surface area contributed by atoms with Crippen molar-refractivity contribution in [1.82, 2.24) is 4.57 Å². The van der Waals surface area contributed by atoms with Gasteiger partial charge < -0.3 is 9.47 Å². The molecule has 1 aliphatic heterocycles. The summed E-state index contributed by atoms with van der Waals surface area (Å²) in [4.78, 5) is 2.47. The third kappa shape index (κ3) is 5.45. The Hall–Kier alpha value is -8.72. The van der Waals surface area contributed by atoms with Gasteiger partial charge in [0, 0.05) is 27.4 Å². The van der Waals surface area contributed by atoms with Gasteiger partial charge >= 0.3 is 0 Å². The SMILES string of the molecule is c1ccc(-c2cccc(-c3ccccc3N(c3cccc(-c4ccc5c(c4)C4(c6ccccc6-5)c5ccccc5-n5c6ccccc6c6cccc4c65)c3)c3cccc4ccccc34)c2)cc1. The lowest BCUT2D eigenvalue weighted by Crippen LogP contribution is -2.33. The van der Waals surface area contributed by atoms with Gasteiger partial charge in [0.2, 0.25) is 0 Å². The molecule has 0 radical (unpaired) electrons. The van der Waals surface area contributed by atoms with E-state index in [1.54, 1.807) is 0 Å². The van der Waals surface area contributed by atoms with Crippen molar-refractivity contribution in [2.24, 2.45) is 0 Å². The van der Waals surface area contributed by atoms with Gasteiger partial charge in [0.05, 0.1) is 33.5 Å². The van der Waals surface area contributed by atoms with E-state index in [0.29, 0.717) is 0 Å². The molecule has 0 amide bonds. The average Bonchev–Trinajstić information content (AvgIpc) is 3.90. The summed E-state index contributed by atoms with van der Waals surface area (Å²) in [7, 11) is 0. The topological polar surface area (TPSA) is 8.17 Å². The Morgan fingerprint density at radius 2 is 0.896 bits per heavy atom. The number of hydrogen-bond donors (Lipinski definition) is 0. The number of anilines is 3. The third-order valence-corrected chi connectivity index (χ3v) is 14.6. The molecule has 1 aromatic heterocycles. The maximum atomic E-state index is 2.52. The van der Waals surface area contributed by atoms with Crippen LogP contribution in [0.4, 0.5) is 17.1 Å². The van der Waals surface area contributed by atoms with Crippen LogP contribution in [0.5, 0.6) is 0 Å². The van der Waals surface area contributed by atoms with Crippen molar-refractivity contribution < 1.29 is 0 Å². The summed E-state index contributed by atoms with van der Waals surface area (Å²) in [5.41, 5.74) is 21.5. The standard InChI is InChI=1S/C65H42N2/c1-2-18-43(19-3-1)45-22-14-24-48(40-45)51-27-7-11-34-60(51)66(61-37-16-21-44-20-4-5-26-50(44)61)49-25-15-23-46(41-49)47-38-39-53-52-28-6-9-31-56(52)65(59(53)42-47)57-32-10-13-36-63(57)67-62-35-12-8-29-54(62)55-30-17-33-58(65)64(55)67/h1-42H. The highest BCUT2D eigenvalue weighted by Crippen LogP contribution is 2.61. The van der Waals surface area contributed by atoms with Crippen LogP contribution in [0.3, 0.4) is 0 Å². The second-order valence-electron chi connectivity index (χ2n) is 18.0. The highest BCUT2D eigenvalue weighted by molar-refractivity contribution is 6.13. The normalized spacial score (nSPS) is 14.3. The van der Waals surface area contributed by atoms with Gasteiger partial charge in [-0.2, -0.15) is 0 Å². The first-order valence-electron chi connectivity index (χ1n) is 23.3. The van der Waals surface area contributed by atoms with E-state index in [0.717, 1.165) is 22.6 Å². The molecule has 0 fully saturated rings. The number of nitrogens with zero attached hydrogens (tertiary/aromatic N) is 2. The molecule has 67 heavy (non-hydrogen) atoms. The number of hydrogen-bond acceptors (Lipinski definition) is 1. The second-order valence-corrected chi connectivity index (χ2v) is 18.0. The highest BCUT2D eigenvalue weighted by Gasteiger charge is 2.50. The lowest BCUT2D eigenvalue weighted by molar-refractivity contribution is 0.749. The lowest BCUT2D eigenvalue weighted by atomic mass is 9.65. The molecular formula is C65H42N2. The molecular weight excluding hydrogens is 809 g/mol. The van der Waals surface area contributed by atoms with Gasteiger partial charge in [-0.15, -0.1) is 0 Å². The summed E-state index contributed by atoms with van der Waals surface area (Å²) in [6.45, 7) is 0. The van der Waals surface area contributed by atoms with Gasteiger partial charge in [0.1, 0.15) is 0 Å². The van der Waals surface area contributed by atoms with Crippen LogP contribution in [0, 0.1) is 0 Å². The number of benzene rings is 11. The number of rotatable bonds is 6. The van der Waals surface area contributed by atoms with Crippen molar-refractivity contribution in [3.63, 3.8) is 0 Å². The smallest absolute Gasteiger partial charge is 0.0754 e. The highest BCUT2D eigenvalue weighted by atomic mass is 15.1. The Labute approximate surface area is 389 Å². The molecule has 1 atom stereocenters. The van der Waals surface area contributed by atoms with Crippen LogP contribution < -0.4 is 4.90 Å². The monoisotopic (exact) mass is 850 g/mol. The van der Waals surface area contributed by atoms with E-state index in [1.165, 1.54) is 99.5 Å². The summed E-state index contributed by atoms with van der Waals surface area (Å²) in [5.74, 6) is 0. The Balaban J connectivity index is 0.986. The van der Waals surface area contributed by atoms with Crippen LogP contribution >= 0.6 is 0 Å². The molecule has 2 heterocycles. The maximum Gasteiger partial charge on any atom is 0.0754 e. The molecule has 2 heteroatoms. The summed E-state index contributed by atoms with van der Waals surface area (Å²) < 4.78 is 2.52. The van der Waals surface area contributed by atoms with E-state index >= 15 is 0 Å². The first kappa shape index (κ1) is 37.6. The van der Waals surface area contributed by atoms with E-state index in [4.69, 9.17) is 0 Å². The molecule has 14 rings (SSSR count). The van der Waals surface area contributed by atoms with Crippen molar-refractivity contribution in [1.29, 1.82) is 0 Å². The maximum absolute atomic E-state index is 2.52. The molecule has 2 nitrogen and oxygen atoms in total. The van der Waals surface area contributed by atoms with Crippen molar-refractivity contribution in [2.45, 2.75) is 5.41 Å². The van der Waals surface area contributed by atoms with Crippen LogP contribution in [-0.4, -0.2) is 4.57 Å². The predicted octanol–water partition coefficient (Wildman–Crippen LogP) is 17.1. The molecule has 0 saturated carbocycles. The molecule has 1 spiro atoms. The molecule has 12 aromatic rings. The molecule has 1 unspecified atom stereocenters. The zero-order valence-electron chi connectivity index (χ0n) is 36.6. The molecule has 312 valence electrons. The minimum atomic E-state index is -0.526. The number of para-hydroxylation sites is 4. The van der Waals surface area contributed by atoms with Gasteiger partial charge in [-0.3, -0.25) is 0 Å². The van der Waals surface area contributed by atoms with E-state index in [-0.39, 0.29) is 0 Å². The van der Waals surface area contributed by atoms with Crippen LogP contribution in [0.2, 0.25) is 0 Å². The summed E-state index contributed by atoms with van der Waals surface area (Å²) in [6.07, 6.45) is 0. The summed E-state index contributed by atoms with van der Waals surface area (Å²) >= 11 is 0. The van der Waals surface area contributed by atoms with Crippen LogP contribution in [0.15, 0.2) is 255 Å². The van der Waals surface area contributed by atoms with Crippen molar-refractivity contribution in [2.75, 3.05) is 4.90 Å². The molecule has 1 aliphatic carbocycles. The largest absolute Gasteiger partial charge is 0.309 e. The van der Waals surface area contributed by atoms with E-state index in [2.05, 4.69) is 264 Å². The van der Waals surface area contributed by atoms with E-state index in [9.17, 15) is 0 Å². The van der Waals surface area contributed by atoms with Crippen molar-refractivity contribution >= 4 is 49.6 Å².